The monoisotopic (exact) mass is 233 g/mol. The summed E-state index contributed by atoms with van der Waals surface area (Å²) in [7, 11) is 1.24. The zero-order chi connectivity index (χ0) is 12.5. The average Bonchev–Trinajstić information content (AvgIpc) is 2.21. The van der Waals surface area contributed by atoms with Crippen LogP contribution in [0.15, 0.2) is 12.1 Å². The largest absolute Gasteiger partial charge is 0.504 e. The van der Waals surface area contributed by atoms with E-state index in [-0.39, 0.29) is 11.3 Å². The molecule has 0 radical (unpaired) electrons. The van der Waals surface area contributed by atoms with E-state index in [9.17, 15) is 19.0 Å². The van der Waals surface area contributed by atoms with Gasteiger partial charge in [-0.2, -0.15) is 0 Å². The number of phenolic OH excluding ortho intramolecular Hbond substituents is 2. The molecule has 0 aliphatic heterocycles. The van der Waals surface area contributed by atoms with Crippen molar-refractivity contribution in [3.05, 3.63) is 17.7 Å². The SMILES string of the molecule is COc1cc(C(C)(N)C(F)F)cc(O)c1O. The molecule has 0 spiro atoms. The number of benzene rings is 1. The minimum Gasteiger partial charge on any atom is -0.504 e. The maximum Gasteiger partial charge on any atom is 0.260 e. The van der Waals surface area contributed by atoms with Gasteiger partial charge in [-0.3, -0.25) is 0 Å². The number of nitrogens with two attached hydrogens (primary N) is 1. The molecule has 0 aromatic heterocycles. The van der Waals surface area contributed by atoms with Crippen molar-refractivity contribution < 1.29 is 23.7 Å². The van der Waals surface area contributed by atoms with Gasteiger partial charge < -0.3 is 20.7 Å². The molecular weight excluding hydrogens is 220 g/mol. The van der Waals surface area contributed by atoms with Gasteiger partial charge in [0.1, 0.15) is 0 Å². The van der Waals surface area contributed by atoms with Gasteiger partial charge in [-0.05, 0) is 24.6 Å². The molecule has 0 saturated carbocycles. The van der Waals surface area contributed by atoms with Crippen LogP contribution in [0, 0.1) is 0 Å². The number of halogens is 2. The maximum atomic E-state index is 12.7. The number of ether oxygens (including phenoxy) is 1. The van der Waals surface area contributed by atoms with Crippen molar-refractivity contribution in [2.24, 2.45) is 5.73 Å². The fraction of sp³-hybridized carbons (Fsp3) is 0.400. The van der Waals surface area contributed by atoms with Gasteiger partial charge in [0.05, 0.1) is 12.6 Å². The van der Waals surface area contributed by atoms with E-state index < -0.39 is 23.5 Å². The Labute approximate surface area is 91.3 Å². The highest BCUT2D eigenvalue weighted by molar-refractivity contribution is 5.53. The third kappa shape index (κ3) is 2.01. The lowest BCUT2D eigenvalue weighted by molar-refractivity contribution is 0.0622. The molecule has 4 N–H and O–H groups in total. The Balaban J connectivity index is 3.31. The first-order valence-electron chi connectivity index (χ1n) is 4.48. The Kier molecular flexibility index (Phi) is 3.23. The number of methoxy groups -OCH3 is 1. The second-order valence-electron chi connectivity index (χ2n) is 3.63. The molecule has 0 aliphatic rings. The van der Waals surface area contributed by atoms with Crippen LogP contribution in [0.2, 0.25) is 0 Å². The van der Waals surface area contributed by atoms with Crippen LogP contribution in [0.25, 0.3) is 0 Å². The van der Waals surface area contributed by atoms with Crippen LogP contribution < -0.4 is 10.5 Å². The smallest absolute Gasteiger partial charge is 0.260 e. The fourth-order valence-electron chi connectivity index (χ4n) is 1.19. The topological polar surface area (TPSA) is 75.7 Å². The highest BCUT2D eigenvalue weighted by Crippen LogP contribution is 2.39. The molecule has 0 heterocycles. The van der Waals surface area contributed by atoms with Crippen LogP contribution in [0.1, 0.15) is 12.5 Å². The number of alkyl halides is 2. The summed E-state index contributed by atoms with van der Waals surface area (Å²) in [6, 6.07) is 2.16. The average molecular weight is 233 g/mol. The molecular formula is C10H13F2NO3. The van der Waals surface area contributed by atoms with Gasteiger partial charge in [-0.25, -0.2) is 8.78 Å². The number of rotatable bonds is 3. The summed E-state index contributed by atoms with van der Waals surface area (Å²) in [5.74, 6) is -1.16. The van der Waals surface area contributed by atoms with Gasteiger partial charge in [0.25, 0.3) is 6.43 Å². The first kappa shape index (κ1) is 12.5. The van der Waals surface area contributed by atoms with E-state index in [4.69, 9.17) is 10.5 Å². The molecule has 0 aliphatic carbocycles. The molecule has 90 valence electrons. The third-order valence-corrected chi connectivity index (χ3v) is 2.35. The number of aromatic hydroxyl groups is 2. The number of hydrogen-bond donors (Lipinski definition) is 3. The van der Waals surface area contributed by atoms with E-state index in [0.29, 0.717) is 0 Å². The first-order valence-corrected chi connectivity index (χ1v) is 4.48. The van der Waals surface area contributed by atoms with E-state index in [1.54, 1.807) is 0 Å². The Morgan fingerprint density at radius 3 is 2.38 bits per heavy atom. The van der Waals surface area contributed by atoms with Crippen LogP contribution in [0.3, 0.4) is 0 Å². The van der Waals surface area contributed by atoms with Crippen LogP contribution in [0.5, 0.6) is 17.2 Å². The van der Waals surface area contributed by atoms with Gasteiger partial charge in [0.15, 0.2) is 11.5 Å². The molecule has 0 bridgehead atoms. The summed E-state index contributed by atoms with van der Waals surface area (Å²) >= 11 is 0. The van der Waals surface area contributed by atoms with Crippen molar-refractivity contribution in [1.82, 2.24) is 0 Å². The number of hydrogen-bond acceptors (Lipinski definition) is 4. The van der Waals surface area contributed by atoms with Crippen LogP contribution in [-0.2, 0) is 5.54 Å². The molecule has 1 rings (SSSR count). The third-order valence-electron chi connectivity index (χ3n) is 2.35. The first-order chi connectivity index (χ1) is 7.30. The van der Waals surface area contributed by atoms with Crippen molar-refractivity contribution in [1.29, 1.82) is 0 Å². The predicted octanol–water partition coefficient (Wildman–Crippen LogP) is 1.55. The second kappa shape index (κ2) is 4.13. The summed E-state index contributed by atoms with van der Waals surface area (Å²) in [5.41, 5.74) is 3.49. The Hall–Kier alpha value is -1.56. The highest BCUT2D eigenvalue weighted by Gasteiger charge is 2.33. The van der Waals surface area contributed by atoms with E-state index in [2.05, 4.69) is 0 Å². The Morgan fingerprint density at radius 1 is 1.38 bits per heavy atom. The molecule has 1 aromatic carbocycles. The van der Waals surface area contributed by atoms with Crippen molar-refractivity contribution in [3.63, 3.8) is 0 Å². The summed E-state index contributed by atoms with van der Waals surface area (Å²) in [5, 5.41) is 18.6. The number of phenols is 2. The highest BCUT2D eigenvalue weighted by atomic mass is 19.3. The summed E-state index contributed by atoms with van der Waals surface area (Å²) in [6.07, 6.45) is -2.80. The summed E-state index contributed by atoms with van der Waals surface area (Å²) in [6.45, 7) is 1.13. The molecule has 0 amide bonds. The van der Waals surface area contributed by atoms with Crippen LogP contribution in [-0.4, -0.2) is 23.7 Å². The van der Waals surface area contributed by atoms with Crippen LogP contribution >= 0.6 is 0 Å². The molecule has 1 aromatic rings. The standard InChI is InChI=1S/C10H13F2NO3/c1-10(13,9(11)12)5-3-6(14)8(15)7(4-5)16-2/h3-4,9,14-15H,13H2,1-2H3. The zero-order valence-electron chi connectivity index (χ0n) is 8.87. The second-order valence-corrected chi connectivity index (χ2v) is 3.63. The summed E-state index contributed by atoms with van der Waals surface area (Å²) in [4.78, 5) is 0. The molecule has 1 atom stereocenters. The molecule has 16 heavy (non-hydrogen) atoms. The molecule has 0 fully saturated rings. The van der Waals surface area contributed by atoms with Crippen LogP contribution in [0.4, 0.5) is 8.78 Å². The van der Waals surface area contributed by atoms with E-state index in [0.717, 1.165) is 13.0 Å². The van der Waals surface area contributed by atoms with Crippen molar-refractivity contribution >= 4 is 0 Å². The Morgan fingerprint density at radius 2 is 1.94 bits per heavy atom. The maximum absolute atomic E-state index is 12.7. The zero-order valence-corrected chi connectivity index (χ0v) is 8.87. The summed E-state index contributed by atoms with van der Waals surface area (Å²) < 4.78 is 30.0. The lowest BCUT2D eigenvalue weighted by Gasteiger charge is -2.24. The lowest BCUT2D eigenvalue weighted by atomic mass is 9.93. The predicted molar refractivity (Wildman–Crippen MR) is 53.9 cm³/mol. The Bertz CT molecular complexity index is 394. The lowest BCUT2D eigenvalue weighted by Crippen LogP contribution is -2.40. The van der Waals surface area contributed by atoms with Gasteiger partial charge in [-0.1, -0.05) is 0 Å². The molecule has 4 nitrogen and oxygen atoms in total. The van der Waals surface area contributed by atoms with Gasteiger partial charge in [0, 0.05) is 0 Å². The van der Waals surface area contributed by atoms with Gasteiger partial charge >= 0.3 is 0 Å². The molecule has 1 unspecified atom stereocenters. The molecule has 0 saturated heterocycles. The van der Waals surface area contributed by atoms with Crippen molar-refractivity contribution in [2.45, 2.75) is 18.9 Å². The minimum atomic E-state index is -2.80. The van der Waals surface area contributed by atoms with Gasteiger partial charge in [-0.15, -0.1) is 0 Å². The van der Waals surface area contributed by atoms with Crippen molar-refractivity contribution in [2.75, 3.05) is 7.11 Å². The molecule has 6 heteroatoms. The van der Waals surface area contributed by atoms with E-state index in [1.807, 2.05) is 0 Å². The van der Waals surface area contributed by atoms with Gasteiger partial charge in [0.2, 0.25) is 5.75 Å². The minimum absolute atomic E-state index is 0.0188. The van der Waals surface area contributed by atoms with Crippen molar-refractivity contribution in [3.8, 4) is 17.2 Å². The van der Waals surface area contributed by atoms with E-state index in [1.165, 1.54) is 13.2 Å². The quantitative estimate of drug-likeness (QED) is 0.692. The fourth-order valence-corrected chi connectivity index (χ4v) is 1.19. The van der Waals surface area contributed by atoms with E-state index >= 15 is 0 Å². The normalized spacial score (nSPS) is 14.9.